The highest BCUT2D eigenvalue weighted by atomic mass is 35.5. The van der Waals surface area contributed by atoms with Gasteiger partial charge in [0.05, 0.1) is 0 Å². The number of hydrogen-bond acceptors (Lipinski definition) is 2. The van der Waals surface area contributed by atoms with Gasteiger partial charge in [-0.05, 0) is 73.0 Å². The van der Waals surface area contributed by atoms with Crippen molar-refractivity contribution in [1.82, 2.24) is 5.43 Å². The minimum absolute atomic E-state index is 0.444. The van der Waals surface area contributed by atoms with Crippen LogP contribution in [0.3, 0.4) is 0 Å². The monoisotopic (exact) mass is 276 g/mol. The zero-order valence-electron chi connectivity index (χ0n) is 11.1. The van der Waals surface area contributed by atoms with Gasteiger partial charge in [0, 0.05) is 11.1 Å². The Morgan fingerprint density at radius 3 is 2.37 bits per heavy atom. The molecule has 0 saturated heterocycles. The van der Waals surface area contributed by atoms with E-state index in [1.165, 1.54) is 24.8 Å². The fraction of sp³-hybridized carbons (Fsp3) is 0.625. The lowest BCUT2D eigenvalue weighted by molar-refractivity contribution is 0.365. The Morgan fingerprint density at radius 2 is 1.79 bits per heavy atom. The molecule has 3 aliphatic carbocycles. The predicted molar refractivity (Wildman–Crippen MR) is 77.6 cm³/mol. The normalized spacial score (nSPS) is 40.2. The molecule has 1 aromatic rings. The first-order valence-corrected chi connectivity index (χ1v) is 7.86. The van der Waals surface area contributed by atoms with Gasteiger partial charge in [0.2, 0.25) is 0 Å². The number of hydrogen-bond donors (Lipinski definition) is 2. The number of rotatable bonds is 4. The van der Waals surface area contributed by atoms with Crippen LogP contribution < -0.4 is 11.3 Å². The lowest BCUT2D eigenvalue weighted by Gasteiger charge is -2.19. The van der Waals surface area contributed by atoms with Gasteiger partial charge in [-0.25, -0.2) is 0 Å². The summed E-state index contributed by atoms with van der Waals surface area (Å²) in [6.07, 6.45) is 5.48. The summed E-state index contributed by atoms with van der Waals surface area (Å²) < 4.78 is 0. The second-order valence-corrected chi connectivity index (χ2v) is 7.11. The molecule has 2 nitrogen and oxygen atoms in total. The summed E-state index contributed by atoms with van der Waals surface area (Å²) in [6, 6.07) is 8.64. The second kappa shape index (κ2) is 4.47. The minimum Gasteiger partial charge on any atom is -0.271 e. The molecule has 1 aromatic carbocycles. The van der Waals surface area contributed by atoms with Crippen LogP contribution in [-0.4, -0.2) is 6.04 Å². The van der Waals surface area contributed by atoms with E-state index in [1.54, 1.807) is 0 Å². The SMILES string of the molecule is NNC(Cc1ccc(Cl)cc1)C1C2C3CCC(C3)C21. The van der Waals surface area contributed by atoms with Crippen molar-refractivity contribution in [3.63, 3.8) is 0 Å². The van der Waals surface area contributed by atoms with Gasteiger partial charge in [0.1, 0.15) is 0 Å². The van der Waals surface area contributed by atoms with Crippen LogP contribution in [0.4, 0.5) is 0 Å². The molecule has 3 fully saturated rings. The smallest absolute Gasteiger partial charge is 0.0406 e. The Bertz CT molecular complexity index is 456. The van der Waals surface area contributed by atoms with Crippen molar-refractivity contribution in [1.29, 1.82) is 0 Å². The first-order valence-electron chi connectivity index (χ1n) is 7.48. The molecule has 0 radical (unpaired) electrons. The Kier molecular flexibility index (Phi) is 2.87. The van der Waals surface area contributed by atoms with Gasteiger partial charge < -0.3 is 0 Å². The second-order valence-electron chi connectivity index (χ2n) is 6.67. The van der Waals surface area contributed by atoms with Crippen LogP contribution in [0.25, 0.3) is 0 Å². The quantitative estimate of drug-likeness (QED) is 0.655. The maximum Gasteiger partial charge on any atom is 0.0406 e. The highest BCUT2D eigenvalue weighted by Gasteiger charge is 2.66. The summed E-state index contributed by atoms with van der Waals surface area (Å²) in [5.74, 6) is 10.6. The molecule has 2 bridgehead atoms. The molecule has 102 valence electrons. The summed E-state index contributed by atoms with van der Waals surface area (Å²) >= 11 is 5.94. The van der Waals surface area contributed by atoms with Crippen molar-refractivity contribution in [2.24, 2.45) is 35.4 Å². The minimum atomic E-state index is 0.444. The summed E-state index contributed by atoms with van der Waals surface area (Å²) in [7, 11) is 0. The predicted octanol–water partition coefficient (Wildman–Crippen LogP) is 3.01. The van der Waals surface area contributed by atoms with E-state index < -0.39 is 0 Å². The molecular weight excluding hydrogens is 256 g/mol. The van der Waals surface area contributed by atoms with Gasteiger partial charge in [-0.2, -0.15) is 0 Å². The molecule has 3 saturated carbocycles. The lowest BCUT2D eigenvalue weighted by Crippen LogP contribution is -2.40. The number of benzene rings is 1. The van der Waals surface area contributed by atoms with Crippen molar-refractivity contribution in [2.75, 3.05) is 0 Å². The van der Waals surface area contributed by atoms with E-state index in [-0.39, 0.29) is 0 Å². The van der Waals surface area contributed by atoms with Crippen LogP contribution in [0.2, 0.25) is 5.02 Å². The van der Waals surface area contributed by atoms with Crippen molar-refractivity contribution >= 4 is 11.6 Å². The molecule has 0 amide bonds. The summed E-state index contributed by atoms with van der Waals surface area (Å²) in [6.45, 7) is 0. The lowest BCUT2D eigenvalue weighted by atomic mass is 9.94. The van der Waals surface area contributed by atoms with Crippen molar-refractivity contribution in [2.45, 2.75) is 31.7 Å². The largest absolute Gasteiger partial charge is 0.271 e. The molecule has 5 atom stereocenters. The maximum atomic E-state index is 5.94. The van der Waals surface area contributed by atoms with Gasteiger partial charge >= 0.3 is 0 Å². The highest BCUT2D eigenvalue weighted by Crippen LogP contribution is 2.70. The average molecular weight is 277 g/mol. The van der Waals surface area contributed by atoms with Crippen LogP contribution in [0.15, 0.2) is 24.3 Å². The molecule has 3 heteroatoms. The molecule has 19 heavy (non-hydrogen) atoms. The number of halogens is 1. The first-order chi connectivity index (χ1) is 9.28. The molecule has 3 aliphatic rings. The van der Waals surface area contributed by atoms with Gasteiger partial charge in [-0.1, -0.05) is 23.7 Å². The molecule has 5 unspecified atom stereocenters. The number of nitrogens with two attached hydrogens (primary N) is 1. The van der Waals surface area contributed by atoms with Gasteiger partial charge in [0.15, 0.2) is 0 Å². The van der Waals surface area contributed by atoms with E-state index in [2.05, 4.69) is 17.6 Å². The van der Waals surface area contributed by atoms with Crippen molar-refractivity contribution in [3.8, 4) is 0 Å². The van der Waals surface area contributed by atoms with E-state index in [4.69, 9.17) is 17.4 Å². The topological polar surface area (TPSA) is 38.0 Å². The summed E-state index contributed by atoms with van der Waals surface area (Å²) in [5, 5.41) is 0.808. The first kappa shape index (κ1) is 12.2. The van der Waals surface area contributed by atoms with Gasteiger partial charge in [0.25, 0.3) is 0 Å². The summed E-state index contributed by atoms with van der Waals surface area (Å²) in [4.78, 5) is 0. The van der Waals surface area contributed by atoms with E-state index >= 15 is 0 Å². The molecule has 0 spiro atoms. The van der Waals surface area contributed by atoms with Gasteiger partial charge in [-0.15, -0.1) is 0 Å². The third-order valence-corrected chi connectivity index (χ3v) is 6.09. The number of nitrogens with one attached hydrogen (secondary N) is 1. The zero-order valence-corrected chi connectivity index (χ0v) is 11.8. The third kappa shape index (κ3) is 1.93. The summed E-state index contributed by atoms with van der Waals surface area (Å²) in [5.41, 5.74) is 4.43. The van der Waals surface area contributed by atoms with Crippen LogP contribution in [0, 0.1) is 29.6 Å². The molecule has 4 rings (SSSR count). The number of fused-ring (bicyclic) bond motifs is 5. The van der Waals surface area contributed by atoms with Crippen LogP contribution in [-0.2, 0) is 6.42 Å². The fourth-order valence-electron chi connectivity index (χ4n) is 5.11. The number of hydrazine groups is 1. The van der Waals surface area contributed by atoms with Crippen LogP contribution in [0.1, 0.15) is 24.8 Å². The van der Waals surface area contributed by atoms with Crippen molar-refractivity contribution < 1.29 is 0 Å². The van der Waals surface area contributed by atoms with Gasteiger partial charge in [-0.3, -0.25) is 11.3 Å². The standard InChI is InChI=1S/C16H21ClN2/c17-12-5-1-9(2-6-12)7-13(19-18)16-14-10-3-4-11(8-10)15(14)16/h1-2,5-6,10-11,13-16,19H,3-4,7-8,18H2. The Labute approximate surface area is 119 Å². The molecule has 0 heterocycles. The Hall–Kier alpha value is -0.570. The van der Waals surface area contributed by atoms with E-state index in [9.17, 15) is 0 Å². The molecular formula is C16H21ClN2. The van der Waals surface area contributed by atoms with E-state index in [1.807, 2.05) is 12.1 Å². The molecule has 0 aliphatic heterocycles. The third-order valence-electron chi connectivity index (χ3n) is 5.84. The Balaban J connectivity index is 1.46. The maximum absolute atomic E-state index is 5.94. The zero-order chi connectivity index (χ0) is 13.0. The van der Waals surface area contributed by atoms with Crippen molar-refractivity contribution in [3.05, 3.63) is 34.9 Å². The van der Waals surface area contributed by atoms with Crippen LogP contribution >= 0.6 is 11.6 Å². The van der Waals surface area contributed by atoms with E-state index in [0.717, 1.165) is 41.0 Å². The fourth-order valence-corrected chi connectivity index (χ4v) is 5.24. The van der Waals surface area contributed by atoms with E-state index in [0.29, 0.717) is 6.04 Å². The Morgan fingerprint density at radius 1 is 1.16 bits per heavy atom. The van der Waals surface area contributed by atoms with Crippen LogP contribution in [0.5, 0.6) is 0 Å². The molecule has 3 N–H and O–H groups in total. The molecule has 0 aromatic heterocycles. The average Bonchev–Trinajstić information content (AvgIpc) is 2.86. The highest BCUT2D eigenvalue weighted by molar-refractivity contribution is 6.30.